The second-order valence-corrected chi connectivity index (χ2v) is 5.03. The fraction of sp³-hybridized carbons (Fsp3) is 0.429. The number of carboxylic acids is 1. The molecule has 0 bridgehead atoms. The van der Waals surface area contributed by atoms with Crippen molar-refractivity contribution in [1.82, 2.24) is 4.90 Å². The third kappa shape index (κ3) is 3.27. The topological polar surface area (TPSA) is 104 Å². The first-order chi connectivity index (χ1) is 9.47. The van der Waals surface area contributed by atoms with Crippen molar-refractivity contribution in [3.63, 3.8) is 0 Å². The smallest absolute Gasteiger partial charge is 0.326 e. The van der Waals surface area contributed by atoms with E-state index in [2.05, 4.69) is 0 Å². The van der Waals surface area contributed by atoms with Crippen molar-refractivity contribution in [3.8, 4) is 0 Å². The van der Waals surface area contributed by atoms with Gasteiger partial charge in [-0.3, -0.25) is 4.79 Å². The molecule has 1 fully saturated rings. The van der Waals surface area contributed by atoms with Crippen molar-refractivity contribution < 1.29 is 19.8 Å². The summed E-state index contributed by atoms with van der Waals surface area (Å²) in [6.07, 6.45) is 0.0954. The quantitative estimate of drug-likeness (QED) is 0.685. The number of carbonyl (C=O) groups excluding carboxylic acids is 1. The number of rotatable bonds is 4. The fourth-order valence-corrected chi connectivity index (χ4v) is 2.40. The van der Waals surface area contributed by atoms with Crippen molar-refractivity contribution in [2.75, 3.05) is 12.3 Å². The highest BCUT2D eigenvalue weighted by atomic mass is 16.4. The molecule has 6 nitrogen and oxygen atoms in total. The second-order valence-electron chi connectivity index (χ2n) is 5.03. The van der Waals surface area contributed by atoms with Gasteiger partial charge in [0.25, 0.3) is 0 Å². The summed E-state index contributed by atoms with van der Waals surface area (Å²) >= 11 is 0. The molecule has 1 aromatic rings. The first-order valence-corrected chi connectivity index (χ1v) is 6.52. The number of nitrogens with two attached hydrogens (primary N) is 1. The summed E-state index contributed by atoms with van der Waals surface area (Å²) in [6.45, 7) is 0.0948. The van der Waals surface area contributed by atoms with Crippen LogP contribution in [0.2, 0.25) is 0 Å². The lowest BCUT2D eigenvalue weighted by Gasteiger charge is -2.21. The number of hydrogen-bond acceptors (Lipinski definition) is 4. The number of carbonyl (C=O) groups is 2. The zero-order chi connectivity index (χ0) is 14.7. The Balaban J connectivity index is 1.94. The van der Waals surface area contributed by atoms with Crippen LogP contribution in [0.3, 0.4) is 0 Å². The third-order valence-electron chi connectivity index (χ3n) is 3.49. The zero-order valence-electron chi connectivity index (χ0n) is 11.0. The van der Waals surface area contributed by atoms with Gasteiger partial charge in [0.1, 0.15) is 6.04 Å². The van der Waals surface area contributed by atoms with Crippen LogP contribution in [-0.2, 0) is 16.0 Å². The van der Waals surface area contributed by atoms with Crippen molar-refractivity contribution in [3.05, 3.63) is 29.8 Å². The van der Waals surface area contributed by atoms with Gasteiger partial charge < -0.3 is 20.8 Å². The summed E-state index contributed by atoms with van der Waals surface area (Å²) < 4.78 is 0. The van der Waals surface area contributed by atoms with Crippen LogP contribution in [0.25, 0.3) is 0 Å². The molecule has 108 valence electrons. The van der Waals surface area contributed by atoms with Gasteiger partial charge in [-0.15, -0.1) is 0 Å². The Bertz CT molecular complexity index is 500. The molecule has 0 aromatic heterocycles. The number of hydrogen-bond donors (Lipinski definition) is 3. The van der Waals surface area contributed by atoms with Crippen LogP contribution in [0, 0.1) is 0 Å². The molecular formula is C14H18N2O4. The maximum atomic E-state index is 12.1. The standard InChI is InChI=1S/C14H18N2O4/c15-10-4-1-9(2-5-10)3-6-13(18)16-8-11(17)7-12(16)14(19)20/h1-2,4-5,11-12,17H,3,6-8,15H2,(H,19,20)/t11-,12-/m1/s1. The van der Waals surface area contributed by atoms with Crippen molar-refractivity contribution in [2.45, 2.75) is 31.4 Å². The summed E-state index contributed by atoms with van der Waals surface area (Å²) in [5.74, 6) is -1.31. The number of nitrogens with zero attached hydrogens (tertiary/aromatic N) is 1. The highest BCUT2D eigenvalue weighted by Crippen LogP contribution is 2.20. The number of likely N-dealkylation sites (tertiary alicyclic amines) is 1. The van der Waals surface area contributed by atoms with Crippen LogP contribution in [0.15, 0.2) is 24.3 Å². The molecule has 1 aromatic carbocycles. The summed E-state index contributed by atoms with van der Waals surface area (Å²) in [5.41, 5.74) is 7.21. The Morgan fingerprint density at radius 3 is 2.55 bits per heavy atom. The number of carboxylic acid groups (broad SMARTS) is 1. The van der Waals surface area contributed by atoms with E-state index in [1.165, 1.54) is 4.90 Å². The molecule has 2 rings (SSSR count). The molecule has 1 amide bonds. The average Bonchev–Trinajstić information content (AvgIpc) is 2.80. The lowest BCUT2D eigenvalue weighted by molar-refractivity contribution is -0.148. The van der Waals surface area contributed by atoms with Crippen LogP contribution in [-0.4, -0.2) is 45.7 Å². The van der Waals surface area contributed by atoms with E-state index in [0.29, 0.717) is 12.1 Å². The van der Waals surface area contributed by atoms with E-state index in [0.717, 1.165) is 5.56 Å². The third-order valence-corrected chi connectivity index (χ3v) is 3.49. The monoisotopic (exact) mass is 278 g/mol. The first-order valence-electron chi connectivity index (χ1n) is 6.52. The molecule has 0 radical (unpaired) electrons. The Morgan fingerprint density at radius 1 is 1.30 bits per heavy atom. The number of β-amino-alcohol motifs (C(OH)–C–C–N with tert-alkyl or cyclic N) is 1. The summed E-state index contributed by atoms with van der Waals surface area (Å²) in [5, 5.41) is 18.6. The number of nitrogen functional groups attached to an aromatic ring is 1. The van der Waals surface area contributed by atoms with E-state index in [-0.39, 0.29) is 25.3 Å². The lowest BCUT2D eigenvalue weighted by atomic mass is 10.1. The molecule has 0 saturated carbocycles. The molecule has 1 heterocycles. The van der Waals surface area contributed by atoms with Gasteiger partial charge in [-0.1, -0.05) is 12.1 Å². The maximum Gasteiger partial charge on any atom is 0.326 e. The Kier molecular flexibility index (Phi) is 4.24. The molecule has 1 aliphatic heterocycles. The molecule has 1 aliphatic rings. The molecule has 2 atom stereocenters. The molecular weight excluding hydrogens is 260 g/mol. The predicted octanol–water partition coefficient (Wildman–Crippen LogP) is 0.248. The Hall–Kier alpha value is -2.08. The minimum atomic E-state index is -1.07. The van der Waals surface area contributed by atoms with E-state index in [4.69, 9.17) is 10.8 Å². The van der Waals surface area contributed by atoms with Crippen molar-refractivity contribution in [2.24, 2.45) is 0 Å². The Labute approximate surface area is 116 Å². The SMILES string of the molecule is Nc1ccc(CCC(=O)N2C[C@H](O)C[C@@H]2C(=O)O)cc1. The number of benzene rings is 1. The normalized spacial score (nSPS) is 21.9. The van der Waals surface area contributed by atoms with E-state index in [1.54, 1.807) is 12.1 Å². The maximum absolute atomic E-state index is 12.1. The summed E-state index contributed by atoms with van der Waals surface area (Å²) in [7, 11) is 0. The number of amides is 1. The largest absolute Gasteiger partial charge is 0.480 e. The van der Waals surface area contributed by atoms with Gasteiger partial charge in [0, 0.05) is 25.1 Å². The minimum absolute atomic E-state index is 0.0948. The van der Waals surface area contributed by atoms with Crippen LogP contribution in [0.5, 0.6) is 0 Å². The summed E-state index contributed by atoms with van der Waals surface area (Å²) in [4.78, 5) is 24.4. The van der Waals surface area contributed by atoms with Crippen molar-refractivity contribution in [1.29, 1.82) is 0 Å². The zero-order valence-corrected chi connectivity index (χ0v) is 11.0. The van der Waals surface area contributed by atoms with Gasteiger partial charge in [0.2, 0.25) is 5.91 Å². The van der Waals surface area contributed by atoms with Gasteiger partial charge in [0.05, 0.1) is 6.10 Å². The summed E-state index contributed by atoms with van der Waals surface area (Å²) in [6, 6.07) is 6.30. The molecule has 0 spiro atoms. The second kappa shape index (κ2) is 5.92. The molecule has 1 saturated heterocycles. The first kappa shape index (κ1) is 14.3. The highest BCUT2D eigenvalue weighted by molar-refractivity contribution is 5.84. The lowest BCUT2D eigenvalue weighted by Crippen LogP contribution is -2.40. The van der Waals surface area contributed by atoms with Crippen LogP contribution < -0.4 is 5.73 Å². The number of aliphatic hydroxyl groups is 1. The van der Waals surface area contributed by atoms with E-state index in [1.807, 2.05) is 12.1 Å². The van der Waals surface area contributed by atoms with Crippen molar-refractivity contribution >= 4 is 17.6 Å². The number of aryl methyl sites for hydroxylation is 1. The molecule has 6 heteroatoms. The molecule has 4 N–H and O–H groups in total. The average molecular weight is 278 g/mol. The van der Waals surface area contributed by atoms with Gasteiger partial charge in [-0.25, -0.2) is 4.79 Å². The van der Waals surface area contributed by atoms with E-state index in [9.17, 15) is 14.7 Å². The van der Waals surface area contributed by atoms with Crippen LogP contribution in [0.4, 0.5) is 5.69 Å². The van der Waals surface area contributed by atoms with Gasteiger partial charge >= 0.3 is 5.97 Å². The molecule has 20 heavy (non-hydrogen) atoms. The number of aliphatic carboxylic acids is 1. The Morgan fingerprint density at radius 2 is 1.95 bits per heavy atom. The molecule has 0 aliphatic carbocycles. The number of aliphatic hydroxyl groups excluding tert-OH is 1. The number of anilines is 1. The highest BCUT2D eigenvalue weighted by Gasteiger charge is 2.38. The van der Waals surface area contributed by atoms with Gasteiger partial charge in [-0.2, -0.15) is 0 Å². The molecule has 0 unspecified atom stereocenters. The minimum Gasteiger partial charge on any atom is -0.480 e. The van der Waals surface area contributed by atoms with Gasteiger partial charge in [-0.05, 0) is 24.1 Å². The van der Waals surface area contributed by atoms with Crippen LogP contribution in [0.1, 0.15) is 18.4 Å². The fourth-order valence-electron chi connectivity index (χ4n) is 2.40. The van der Waals surface area contributed by atoms with E-state index >= 15 is 0 Å². The van der Waals surface area contributed by atoms with Crippen LogP contribution >= 0.6 is 0 Å². The predicted molar refractivity (Wildman–Crippen MR) is 72.9 cm³/mol. The van der Waals surface area contributed by atoms with Gasteiger partial charge in [0.15, 0.2) is 0 Å². The van der Waals surface area contributed by atoms with E-state index < -0.39 is 18.1 Å².